The van der Waals surface area contributed by atoms with Crippen LogP contribution in [-0.4, -0.2) is 64.5 Å². The molecule has 2 aliphatic rings. The molecule has 3 rings (SSSR count). The quantitative estimate of drug-likeness (QED) is 0.600. The Morgan fingerprint density at radius 2 is 1.79 bits per heavy atom. The molecule has 0 spiro atoms. The molecule has 1 aromatic rings. The number of likely N-dealkylation sites (tertiary alicyclic amines) is 1. The second kappa shape index (κ2) is 8.31. The van der Waals surface area contributed by atoms with Crippen LogP contribution in [0.3, 0.4) is 0 Å². The van der Waals surface area contributed by atoms with Gasteiger partial charge in [-0.2, -0.15) is 0 Å². The van der Waals surface area contributed by atoms with E-state index in [1.807, 2.05) is 0 Å². The van der Waals surface area contributed by atoms with Crippen molar-refractivity contribution in [2.45, 2.75) is 45.2 Å². The molecule has 0 unspecified atom stereocenters. The number of hydrogen-bond acceptors (Lipinski definition) is 4. The van der Waals surface area contributed by atoms with Gasteiger partial charge < -0.3 is 10.2 Å². The van der Waals surface area contributed by atoms with Gasteiger partial charge in [-0.05, 0) is 44.9 Å². The van der Waals surface area contributed by atoms with E-state index in [2.05, 4.69) is 5.32 Å². The van der Waals surface area contributed by atoms with Gasteiger partial charge >= 0.3 is 0 Å². The van der Waals surface area contributed by atoms with Gasteiger partial charge in [-0.1, -0.05) is 0 Å². The van der Waals surface area contributed by atoms with Crippen molar-refractivity contribution in [2.24, 2.45) is 0 Å². The molecule has 0 aliphatic carbocycles. The fourth-order valence-corrected chi connectivity index (χ4v) is 3.81. The van der Waals surface area contributed by atoms with E-state index in [0.29, 0.717) is 49.4 Å². The third-order valence-electron chi connectivity index (χ3n) is 5.19. The molecule has 8 heteroatoms. The number of piperidine rings is 1. The van der Waals surface area contributed by atoms with Crippen LogP contribution in [0.5, 0.6) is 0 Å². The molecule has 2 heterocycles. The van der Waals surface area contributed by atoms with Crippen molar-refractivity contribution < 1.29 is 19.2 Å². The minimum absolute atomic E-state index is 0.0368. The maximum atomic E-state index is 12.6. The van der Waals surface area contributed by atoms with Gasteiger partial charge in [0, 0.05) is 43.0 Å². The molecule has 0 bridgehead atoms. The molecule has 7 nitrogen and oxygen atoms in total. The number of alkyl halides is 1. The van der Waals surface area contributed by atoms with E-state index in [1.54, 1.807) is 30.9 Å². The van der Waals surface area contributed by atoms with E-state index >= 15 is 0 Å². The van der Waals surface area contributed by atoms with Crippen LogP contribution in [-0.2, 0) is 4.79 Å². The molecule has 0 radical (unpaired) electrons. The normalized spacial score (nSPS) is 17.3. The lowest BCUT2D eigenvalue weighted by molar-refractivity contribution is -0.131. The number of benzene rings is 1. The van der Waals surface area contributed by atoms with Gasteiger partial charge in [0.05, 0.1) is 11.1 Å². The summed E-state index contributed by atoms with van der Waals surface area (Å²) in [4.78, 5) is 52.3. The fraction of sp³-hybridized carbons (Fsp3) is 0.500. The summed E-state index contributed by atoms with van der Waals surface area (Å²) >= 11 is 5.61. The Hall–Kier alpha value is -2.41. The number of imide groups is 1. The summed E-state index contributed by atoms with van der Waals surface area (Å²) in [5, 5.41) is 2.97. The molecule has 150 valence electrons. The molecule has 4 amide bonds. The van der Waals surface area contributed by atoms with Crippen molar-refractivity contribution in [3.8, 4) is 0 Å². The first kappa shape index (κ1) is 20.3. The Morgan fingerprint density at radius 3 is 2.39 bits per heavy atom. The van der Waals surface area contributed by atoms with Gasteiger partial charge in [0.2, 0.25) is 5.91 Å². The molecule has 1 saturated heterocycles. The number of nitrogens with zero attached hydrogens (tertiary/aromatic N) is 2. The molecule has 2 aliphatic heterocycles. The highest BCUT2D eigenvalue weighted by atomic mass is 35.5. The van der Waals surface area contributed by atoms with Gasteiger partial charge in [-0.3, -0.25) is 24.1 Å². The Morgan fingerprint density at radius 1 is 1.14 bits per heavy atom. The molecule has 28 heavy (non-hydrogen) atoms. The van der Waals surface area contributed by atoms with Crippen LogP contribution in [0.15, 0.2) is 18.2 Å². The third-order valence-corrected chi connectivity index (χ3v) is 5.38. The predicted octanol–water partition coefficient (Wildman–Crippen LogP) is 2.04. The molecular weight excluding hydrogens is 382 g/mol. The Labute approximate surface area is 169 Å². The average molecular weight is 406 g/mol. The fourth-order valence-electron chi connectivity index (χ4n) is 3.65. The van der Waals surface area contributed by atoms with Crippen LogP contribution >= 0.6 is 11.6 Å². The van der Waals surface area contributed by atoms with Gasteiger partial charge in [0.15, 0.2) is 0 Å². The van der Waals surface area contributed by atoms with E-state index in [4.69, 9.17) is 11.6 Å². The molecule has 1 N–H and O–H groups in total. The first-order valence-electron chi connectivity index (χ1n) is 9.50. The zero-order chi connectivity index (χ0) is 20.4. The van der Waals surface area contributed by atoms with Crippen molar-refractivity contribution in [3.63, 3.8) is 0 Å². The Bertz CT molecular complexity index is 816. The SMILES string of the molecule is CC(C)N1C(=O)c2ccc(C(=O)NC3CCN(C(=O)CCCl)CC3)cc2C1=O. The Kier molecular flexibility index (Phi) is 6.03. The van der Waals surface area contributed by atoms with E-state index in [0.717, 1.165) is 0 Å². The van der Waals surface area contributed by atoms with Crippen LogP contribution in [0.2, 0.25) is 0 Å². The lowest BCUT2D eigenvalue weighted by atomic mass is 10.0. The van der Waals surface area contributed by atoms with Crippen LogP contribution in [0.1, 0.15) is 64.2 Å². The van der Waals surface area contributed by atoms with Crippen LogP contribution < -0.4 is 5.32 Å². The highest BCUT2D eigenvalue weighted by molar-refractivity contribution is 6.22. The number of carbonyl (C=O) groups excluding carboxylic acids is 4. The van der Waals surface area contributed by atoms with Gasteiger partial charge in [0.1, 0.15) is 0 Å². The van der Waals surface area contributed by atoms with Gasteiger partial charge in [-0.25, -0.2) is 0 Å². The van der Waals surface area contributed by atoms with Gasteiger partial charge in [-0.15, -0.1) is 11.6 Å². The van der Waals surface area contributed by atoms with E-state index in [-0.39, 0.29) is 41.3 Å². The average Bonchev–Trinajstić information content (AvgIpc) is 2.92. The molecule has 1 fully saturated rings. The summed E-state index contributed by atoms with van der Waals surface area (Å²) in [5.74, 6) is -0.622. The topological polar surface area (TPSA) is 86.8 Å². The molecule has 1 aromatic carbocycles. The second-order valence-electron chi connectivity index (χ2n) is 7.40. The zero-order valence-electron chi connectivity index (χ0n) is 16.0. The standard InChI is InChI=1S/C20H24ClN3O4/c1-12(2)24-19(27)15-4-3-13(11-16(15)20(24)28)18(26)22-14-6-9-23(10-7-14)17(25)5-8-21/h3-4,11-12,14H,5-10H2,1-2H3,(H,22,26). The third kappa shape index (κ3) is 3.90. The van der Waals surface area contributed by atoms with Crippen molar-refractivity contribution in [1.82, 2.24) is 15.1 Å². The van der Waals surface area contributed by atoms with Crippen molar-refractivity contribution in [3.05, 3.63) is 34.9 Å². The minimum atomic E-state index is -0.365. The minimum Gasteiger partial charge on any atom is -0.349 e. The monoisotopic (exact) mass is 405 g/mol. The maximum Gasteiger partial charge on any atom is 0.261 e. The summed E-state index contributed by atoms with van der Waals surface area (Å²) in [6, 6.07) is 4.33. The first-order chi connectivity index (χ1) is 13.3. The number of halogens is 1. The Balaban J connectivity index is 1.64. The molecule has 0 atom stereocenters. The van der Waals surface area contributed by atoms with Gasteiger partial charge in [0.25, 0.3) is 17.7 Å². The van der Waals surface area contributed by atoms with E-state index in [1.165, 1.54) is 11.0 Å². The highest BCUT2D eigenvalue weighted by Crippen LogP contribution is 2.26. The van der Waals surface area contributed by atoms with Crippen molar-refractivity contribution in [2.75, 3.05) is 19.0 Å². The number of nitrogens with one attached hydrogen (secondary N) is 1. The van der Waals surface area contributed by atoms with Crippen LogP contribution in [0, 0.1) is 0 Å². The van der Waals surface area contributed by atoms with Crippen molar-refractivity contribution in [1.29, 1.82) is 0 Å². The summed E-state index contributed by atoms with van der Waals surface area (Å²) < 4.78 is 0. The maximum absolute atomic E-state index is 12.6. The lowest BCUT2D eigenvalue weighted by Gasteiger charge is -2.32. The number of fused-ring (bicyclic) bond motifs is 1. The van der Waals surface area contributed by atoms with Crippen molar-refractivity contribution >= 4 is 35.2 Å². The molecular formula is C20H24ClN3O4. The summed E-state index contributed by atoms with van der Waals surface area (Å²) in [6.07, 6.45) is 1.67. The second-order valence-corrected chi connectivity index (χ2v) is 7.78. The van der Waals surface area contributed by atoms with E-state index < -0.39 is 0 Å². The number of hydrogen-bond donors (Lipinski definition) is 1. The van der Waals surface area contributed by atoms with Crippen LogP contribution in [0.25, 0.3) is 0 Å². The number of amides is 4. The number of rotatable bonds is 5. The molecule has 0 aromatic heterocycles. The lowest BCUT2D eigenvalue weighted by Crippen LogP contribution is -2.46. The van der Waals surface area contributed by atoms with E-state index in [9.17, 15) is 19.2 Å². The number of carbonyl (C=O) groups is 4. The largest absolute Gasteiger partial charge is 0.349 e. The first-order valence-corrected chi connectivity index (χ1v) is 10.0. The molecule has 0 saturated carbocycles. The predicted molar refractivity (Wildman–Crippen MR) is 104 cm³/mol. The highest BCUT2D eigenvalue weighted by Gasteiger charge is 2.37. The zero-order valence-corrected chi connectivity index (χ0v) is 16.8. The summed E-state index contributed by atoms with van der Waals surface area (Å²) in [6.45, 7) is 4.72. The smallest absolute Gasteiger partial charge is 0.261 e. The summed E-state index contributed by atoms with van der Waals surface area (Å²) in [5.41, 5.74) is 0.959. The van der Waals surface area contributed by atoms with Crippen LogP contribution in [0.4, 0.5) is 0 Å². The summed E-state index contributed by atoms with van der Waals surface area (Å²) in [7, 11) is 0.